The van der Waals surface area contributed by atoms with Crippen LogP contribution >= 0.6 is 11.6 Å². The Labute approximate surface area is 127 Å². The molecule has 110 valence electrons. The highest BCUT2D eigenvalue weighted by Crippen LogP contribution is 2.27. The minimum atomic E-state index is -3.76. The zero-order chi connectivity index (χ0) is 15.5. The second-order valence-corrected chi connectivity index (χ2v) is 6.44. The third-order valence-electron chi connectivity index (χ3n) is 2.70. The first-order chi connectivity index (χ1) is 9.89. The van der Waals surface area contributed by atoms with Gasteiger partial charge in [-0.25, -0.2) is 13.2 Å². The summed E-state index contributed by atoms with van der Waals surface area (Å²) in [5.74, 6) is -1.52. The van der Waals surface area contributed by atoms with E-state index in [1.54, 1.807) is 30.3 Å². The van der Waals surface area contributed by atoms with Crippen molar-refractivity contribution in [1.29, 1.82) is 0 Å². The molecule has 0 bridgehead atoms. The first-order valence-electron chi connectivity index (χ1n) is 5.95. The molecule has 0 aliphatic heterocycles. The van der Waals surface area contributed by atoms with E-state index in [2.05, 4.69) is 4.72 Å². The molecule has 2 rings (SSSR count). The number of carboxylic acid groups (broad SMARTS) is 1. The number of sulfonamides is 1. The average molecular weight is 326 g/mol. The number of anilines is 1. The predicted octanol–water partition coefficient (Wildman–Crippen LogP) is 2.98. The van der Waals surface area contributed by atoms with Crippen molar-refractivity contribution in [2.45, 2.75) is 5.75 Å². The summed E-state index contributed by atoms with van der Waals surface area (Å²) in [6, 6.07) is 12.7. The largest absolute Gasteiger partial charge is 0.478 e. The summed E-state index contributed by atoms with van der Waals surface area (Å²) in [5, 5.41) is 9.12. The van der Waals surface area contributed by atoms with Gasteiger partial charge in [-0.05, 0) is 17.7 Å². The van der Waals surface area contributed by atoms with Crippen LogP contribution in [-0.2, 0) is 15.8 Å². The van der Waals surface area contributed by atoms with Gasteiger partial charge in [0.1, 0.15) is 0 Å². The molecule has 2 aromatic carbocycles. The van der Waals surface area contributed by atoms with Crippen molar-refractivity contribution in [3.63, 3.8) is 0 Å². The van der Waals surface area contributed by atoms with Gasteiger partial charge in [0.15, 0.2) is 0 Å². The standard InChI is InChI=1S/C14H12ClNO4S/c15-12-8-4-7-11(14(17)18)13(12)16-21(19,20)9-10-5-2-1-3-6-10/h1-8,16H,9H2,(H,17,18). The van der Waals surface area contributed by atoms with Crippen LogP contribution in [0, 0.1) is 0 Å². The van der Waals surface area contributed by atoms with Crippen LogP contribution in [0.5, 0.6) is 0 Å². The Balaban J connectivity index is 2.31. The first-order valence-corrected chi connectivity index (χ1v) is 7.98. The van der Waals surface area contributed by atoms with E-state index in [-0.39, 0.29) is 22.0 Å². The molecule has 0 fully saturated rings. The van der Waals surface area contributed by atoms with Gasteiger partial charge in [0, 0.05) is 0 Å². The zero-order valence-corrected chi connectivity index (χ0v) is 12.4. The van der Waals surface area contributed by atoms with E-state index in [4.69, 9.17) is 16.7 Å². The van der Waals surface area contributed by atoms with Gasteiger partial charge in [-0.3, -0.25) is 4.72 Å². The number of benzene rings is 2. The van der Waals surface area contributed by atoms with Gasteiger partial charge in [-0.15, -0.1) is 0 Å². The maximum absolute atomic E-state index is 12.1. The highest BCUT2D eigenvalue weighted by atomic mass is 35.5. The van der Waals surface area contributed by atoms with E-state index in [9.17, 15) is 13.2 Å². The van der Waals surface area contributed by atoms with Crippen molar-refractivity contribution in [1.82, 2.24) is 0 Å². The Morgan fingerprint density at radius 3 is 2.38 bits per heavy atom. The molecule has 2 aromatic rings. The van der Waals surface area contributed by atoms with Crippen LogP contribution in [0.25, 0.3) is 0 Å². The molecule has 2 N–H and O–H groups in total. The summed E-state index contributed by atoms with van der Waals surface area (Å²) in [6.45, 7) is 0. The van der Waals surface area contributed by atoms with Crippen LogP contribution in [-0.4, -0.2) is 19.5 Å². The minimum absolute atomic E-state index is 0.0338. The highest BCUT2D eigenvalue weighted by molar-refractivity contribution is 7.91. The number of carbonyl (C=O) groups is 1. The molecule has 0 aliphatic carbocycles. The molecule has 7 heteroatoms. The number of aromatic carboxylic acids is 1. The number of nitrogens with one attached hydrogen (secondary N) is 1. The Kier molecular flexibility index (Phi) is 4.50. The Morgan fingerprint density at radius 1 is 1.10 bits per heavy atom. The van der Waals surface area contributed by atoms with Crippen molar-refractivity contribution in [3.05, 3.63) is 64.7 Å². The molecule has 0 aliphatic rings. The molecular weight excluding hydrogens is 314 g/mol. The van der Waals surface area contributed by atoms with Gasteiger partial charge in [-0.1, -0.05) is 48.0 Å². The molecule has 0 atom stereocenters. The normalized spacial score (nSPS) is 11.1. The fourth-order valence-electron chi connectivity index (χ4n) is 1.79. The fourth-order valence-corrected chi connectivity index (χ4v) is 3.30. The molecule has 21 heavy (non-hydrogen) atoms. The Hall–Kier alpha value is -2.05. The van der Waals surface area contributed by atoms with Crippen LogP contribution in [0.3, 0.4) is 0 Å². The Bertz CT molecular complexity index is 760. The number of para-hydroxylation sites is 1. The van der Waals surface area contributed by atoms with Crippen molar-refractivity contribution < 1.29 is 18.3 Å². The molecule has 0 saturated carbocycles. The predicted molar refractivity (Wildman–Crippen MR) is 81.1 cm³/mol. The molecule has 0 unspecified atom stereocenters. The monoisotopic (exact) mass is 325 g/mol. The lowest BCUT2D eigenvalue weighted by Gasteiger charge is -2.12. The minimum Gasteiger partial charge on any atom is -0.478 e. The fraction of sp³-hybridized carbons (Fsp3) is 0.0714. The van der Waals surface area contributed by atoms with Crippen molar-refractivity contribution >= 4 is 33.3 Å². The summed E-state index contributed by atoms with van der Waals surface area (Å²) in [5.41, 5.74) is 0.274. The number of halogens is 1. The van der Waals surface area contributed by atoms with Crippen LogP contribution < -0.4 is 4.72 Å². The van der Waals surface area contributed by atoms with Gasteiger partial charge < -0.3 is 5.11 Å². The van der Waals surface area contributed by atoms with E-state index in [1.165, 1.54) is 18.2 Å². The SMILES string of the molecule is O=C(O)c1cccc(Cl)c1NS(=O)(=O)Cc1ccccc1. The summed E-state index contributed by atoms with van der Waals surface area (Å²) < 4.78 is 26.5. The van der Waals surface area contributed by atoms with Gasteiger partial charge in [-0.2, -0.15) is 0 Å². The van der Waals surface area contributed by atoms with E-state index >= 15 is 0 Å². The summed E-state index contributed by atoms with van der Waals surface area (Å²) >= 11 is 5.89. The van der Waals surface area contributed by atoms with Gasteiger partial charge in [0.05, 0.1) is 22.0 Å². The quantitative estimate of drug-likeness (QED) is 0.885. The summed E-state index contributed by atoms with van der Waals surface area (Å²) in [4.78, 5) is 11.1. The average Bonchev–Trinajstić information content (AvgIpc) is 2.41. The molecule has 0 amide bonds. The van der Waals surface area contributed by atoms with E-state index in [0.717, 1.165) is 0 Å². The molecule has 0 spiro atoms. The third-order valence-corrected chi connectivity index (χ3v) is 4.24. The molecule has 0 heterocycles. The third kappa shape index (κ3) is 3.96. The summed E-state index contributed by atoms with van der Waals surface area (Å²) in [7, 11) is -3.76. The van der Waals surface area contributed by atoms with Crippen LogP contribution in [0.2, 0.25) is 5.02 Å². The first kappa shape index (κ1) is 15.3. The number of hydrogen-bond acceptors (Lipinski definition) is 3. The Morgan fingerprint density at radius 2 is 1.76 bits per heavy atom. The van der Waals surface area contributed by atoms with Crippen molar-refractivity contribution in [2.75, 3.05) is 4.72 Å². The molecular formula is C14H12ClNO4S. The van der Waals surface area contributed by atoms with Crippen LogP contribution in [0.15, 0.2) is 48.5 Å². The second-order valence-electron chi connectivity index (χ2n) is 4.31. The van der Waals surface area contributed by atoms with E-state index in [0.29, 0.717) is 5.56 Å². The zero-order valence-electron chi connectivity index (χ0n) is 10.8. The summed E-state index contributed by atoms with van der Waals surface area (Å²) in [6.07, 6.45) is 0. The lowest BCUT2D eigenvalue weighted by atomic mass is 10.2. The number of hydrogen-bond donors (Lipinski definition) is 2. The van der Waals surface area contributed by atoms with E-state index < -0.39 is 16.0 Å². The van der Waals surface area contributed by atoms with Crippen molar-refractivity contribution in [3.8, 4) is 0 Å². The van der Waals surface area contributed by atoms with Gasteiger partial charge in [0.2, 0.25) is 10.0 Å². The van der Waals surface area contributed by atoms with Crippen molar-refractivity contribution in [2.24, 2.45) is 0 Å². The number of rotatable bonds is 5. The lowest BCUT2D eigenvalue weighted by molar-refractivity contribution is 0.0698. The second kappa shape index (κ2) is 6.15. The molecule has 0 aromatic heterocycles. The molecule has 5 nitrogen and oxygen atoms in total. The van der Waals surface area contributed by atoms with Gasteiger partial charge >= 0.3 is 5.97 Å². The topological polar surface area (TPSA) is 83.5 Å². The molecule has 0 radical (unpaired) electrons. The van der Waals surface area contributed by atoms with Gasteiger partial charge in [0.25, 0.3) is 0 Å². The maximum Gasteiger partial charge on any atom is 0.337 e. The van der Waals surface area contributed by atoms with Crippen LogP contribution in [0.4, 0.5) is 5.69 Å². The highest BCUT2D eigenvalue weighted by Gasteiger charge is 2.19. The smallest absolute Gasteiger partial charge is 0.337 e. The maximum atomic E-state index is 12.1. The number of carboxylic acids is 1. The van der Waals surface area contributed by atoms with E-state index in [1.807, 2.05) is 0 Å². The van der Waals surface area contributed by atoms with Crippen LogP contribution in [0.1, 0.15) is 15.9 Å². The molecule has 0 saturated heterocycles. The lowest BCUT2D eigenvalue weighted by Crippen LogP contribution is -2.17.